The van der Waals surface area contributed by atoms with Gasteiger partial charge in [0.15, 0.2) is 0 Å². The molecule has 1 aliphatic heterocycles. The molecule has 8 heteroatoms. The Morgan fingerprint density at radius 1 is 1.30 bits per heavy atom. The zero-order valence-corrected chi connectivity index (χ0v) is 12.2. The molecule has 1 fully saturated rings. The molecule has 1 saturated heterocycles. The molecule has 1 aromatic heterocycles. The lowest BCUT2D eigenvalue weighted by Crippen LogP contribution is -2.32. The summed E-state index contributed by atoms with van der Waals surface area (Å²) in [5.74, 6) is -0.427. The summed E-state index contributed by atoms with van der Waals surface area (Å²) in [4.78, 5) is 35.7. The SMILES string of the molecule is CC(C)c1nnc(NC(=O)CCN2C(=O)CCC2=O)s1. The molecule has 20 heavy (non-hydrogen) atoms. The second kappa shape index (κ2) is 6.08. The average molecular weight is 296 g/mol. The van der Waals surface area contributed by atoms with Crippen LogP contribution in [0.3, 0.4) is 0 Å². The van der Waals surface area contributed by atoms with Crippen molar-refractivity contribution in [1.82, 2.24) is 15.1 Å². The maximum Gasteiger partial charge on any atom is 0.229 e. The fourth-order valence-electron chi connectivity index (χ4n) is 1.79. The van der Waals surface area contributed by atoms with Crippen molar-refractivity contribution in [1.29, 1.82) is 0 Å². The zero-order valence-electron chi connectivity index (χ0n) is 11.4. The summed E-state index contributed by atoms with van der Waals surface area (Å²) in [7, 11) is 0. The van der Waals surface area contributed by atoms with Crippen LogP contribution in [0.1, 0.15) is 44.0 Å². The zero-order chi connectivity index (χ0) is 14.7. The van der Waals surface area contributed by atoms with E-state index in [-0.39, 0.29) is 49.4 Å². The van der Waals surface area contributed by atoms with E-state index in [1.54, 1.807) is 0 Å². The number of hydrogen-bond donors (Lipinski definition) is 1. The predicted octanol–water partition coefficient (Wildman–Crippen LogP) is 1.14. The predicted molar refractivity (Wildman–Crippen MR) is 73.2 cm³/mol. The van der Waals surface area contributed by atoms with E-state index in [4.69, 9.17) is 0 Å². The maximum absolute atomic E-state index is 11.7. The number of nitrogens with one attached hydrogen (secondary N) is 1. The Balaban J connectivity index is 1.83. The van der Waals surface area contributed by atoms with Gasteiger partial charge in [0, 0.05) is 31.7 Å². The van der Waals surface area contributed by atoms with Crippen LogP contribution in [0.5, 0.6) is 0 Å². The molecule has 0 aromatic carbocycles. The fourth-order valence-corrected chi connectivity index (χ4v) is 2.55. The first-order chi connectivity index (χ1) is 9.47. The van der Waals surface area contributed by atoms with Crippen LogP contribution in [0.2, 0.25) is 0 Å². The molecule has 1 aliphatic rings. The number of rotatable bonds is 5. The second-order valence-electron chi connectivity index (χ2n) is 4.84. The van der Waals surface area contributed by atoms with Crippen LogP contribution in [0.4, 0.5) is 5.13 Å². The molecule has 0 aliphatic carbocycles. The maximum atomic E-state index is 11.7. The van der Waals surface area contributed by atoms with Crippen LogP contribution in [-0.4, -0.2) is 39.4 Å². The van der Waals surface area contributed by atoms with Crippen molar-refractivity contribution in [2.45, 2.75) is 39.0 Å². The van der Waals surface area contributed by atoms with E-state index in [0.717, 1.165) is 9.91 Å². The number of likely N-dealkylation sites (tertiary alicyclic amines) is 1. The molecule has 3 amide bonds. The molecule has 1 N–H and O–H groups in total. The average Bonchev–Trinajstić information content (AvgIpc) is 2.96. The minimum Gasteiger partial charge on any atom is -0.300 e. The van der Waals surface area contributed by atoms with Gasteiger partial charge in [0.1, 0.15) is 5.01 Å². The summed E-state index contributed by atoms with van der Waals surface area (Å²) in [6.07, 6.45) is 0.567. The molecular formula is C12H16N4O3S. The molecule has 2 heterocycles. The first kappa shape index (κ1) is 14.6. The van der Waals surface area contributed by atoms with Gasteiger partial charge in [0.05, 0.1) is 0 Å². The monoisotopic (exact) mass is 296 g/mol. The van der Waals surface area contributed by atoms with Crippen molar-refractivity contribution in [3.05, 3.63) is 5.01 Å². The Labute approximate surface area is 120 Å². The normalized spacial score (nSPS) is 15.2. The number of anilines is 1. The van der Waals surface area contributed by atoms with E-state index in [9.17, 15) is 14.4 Å². The van der Waals surface area contributed by atoms with Gasteiger partial charge in [0.25, 0.3) is 0 Å². The Hall–Kier alpha value is -1.83. The first-order valence-corrected chi connectivity index (χ1v) is 7.25. The Kier molecular flexibility index (Phi) is 4.43. The molecular weight excluding hydrogens is 280 g/mol. The molecule has 1 aromatic rings. The van der Waals surface area contributed by atoms with Gasteiger partial charge in [0.2, 0.25) is 22.9 Å². The number of imide groups is 1. The van der Waals surface area contributed by atoms with Gasteiger partial charge in [-0.15, -0.1) is 10.2 Å². The Morgan fingerprint density at radius 3 is 2.50 bits per heavy atom. The van der Waals surface area contributed by atoms with E-state index < -0.39 is 0 Å². The Bertz CT molecular complexity index is 525. The third-order valence-corrected chi connectivity index (χ3v) is 4.04. The lowest BCUT2D eigenvalue weighted by Gasteiger charge is -2.12. The third kappa shape index (κ3) is 3.38. The van der Waals surface area contributed by atoms with Crippen LogP contribution in [-0.2, 0) is 14.4 Å². The summed E-state index contributed by atoms with van der Waals surface area (Å²) in [6, 6.07) is 0. The summed E-state index contributed by atoms with van der Waals surface area (Å²) in [5.41, 5.74) is 0. The molecule has 7 nitrogen and oxygen atoms in total. The van der Waals surface area contributed by atoms with E-state index >= 15 is 0 Å². The second-order valence-corrected chi connectivity index (χ2v) is 5.85. The largest absolute Gasteiger partial charge is 0.300 e. The molecule has 0 bridgehead atoms. The van der Waals surface area contributed by atoms with Crippen LogP contribution in [0.25, 0.3) is 0 Å². The van der Waals surface area contributed by atoms with E-state index in [1.165, 1.54) is 11.3 Å². The molecule has 2 rings (SSSR count). The number of amides is 3. The minimum absolute atomic E-state index is 0.0775. The number of nitrogens with zero attached hydrogens (tertiary/aromatic N) is 3. The highest BCUT2D eigenvalue weighted by Crippen LogP contribution is 2.22. The molecule has 0 radical (unpaired) electrons. The lowest BCUT2D eigenvalue weighted by atomic mass is 10.2. The highest BCUT2D eigenvalue weighted by Gasteiger charge is 2.28. The fraction of sp³-hybridized carbons (Fsp3) is 0.583. The van der Waals surface area contributed by atoms with Crippen LogP contribution < -0.4 is 5.32 Å². The molecule has 0 spiro atoms. The van der Waals surface area contributed by atoms with Crippen LogP contribution >= 0.6 is 11.3 Å². The Morgan fingerprint density at radius 2 is 1.95 bits per heavy atom. The lowest BCUT2D eigenvalue weighted by molar-refractivity contribution is -0.138. The van der Waals surface area contributed by atoms with Crippen molar-refractivity contribution in [2.75, 3.05) is 11.9 Å². The first-order valence-electron chi connectivity index (χ1n) is 6.44. The minimum atomic E-state index is -0.274. The molecule has 0 atom stereocenters. The summed E-state index contributed by atoms with van der Waals surface area (Å²) in [6.45, 7) is 4.12. The molecule has 108 valence electrons. The van der Waals surface area contributed by atoms with Crippen molar-refractivity contribution >= 4 is 34.2 Å². The standard InChI is InChI=1S/C12H16N4O3S/c1-7(2)11-14-15-12(20-11)13-8(17)5-6-16-9(18)3-4-10(16)19/h7H,3-6H2,1-2H3,(H,13,15,17). The summed E-state index contributed by atoms with van der Waals surface area (Å²) >= 11 is 1.33. The number of carbonyl (C=O) groups excluding carboxylic acids is 3. The number of aromatic nitrogens is 2. The van der Waals surface area contributed by atoms with Crippen molar-refractivity contribution in [2.24, 2.45) is 0 Å². The van der Waals surface area contributed by atoms with E-state index in [2.05, 4.69) is 15.5 Å². The van der Waals surface area contributed by atoms with Gasteiger partial charge in [-0.25, -0.2) is 0 Å². The van der Waals surface area contributed by atoms with Gasteiger partial charge in [-0.05, 0) is 0 Å². The molecule has 0 saturated carbocycles. The van der Waals surface area contributed by atoms with Crippen LogP contribution in [0.15, 0.2) is 0 Å². The highest BCUT2D eigenvalue weighted by molar-refractivity contribution is 7.15. The summed E-state index contributed by atoms with van der Waals surface area (Å²) in [5, 5.41) is 11.8. The molecule has 0 unspecified atom stereocenters. The number of hydrogen-bond acceptors (Lipinski definition) is 6. The van der Waals surface area contributed by atoms with Crippen molar-refractivity contribution < 1.29 is 14.4 Å². The highest BCUT2D eigenvalue weighted by atomic mass is 32.1. The van der Waals surface area contributed by atoms with Gasteiger partial charge < -0.3 is 5.32 Å². The third-order valence-electron chi connectivity index (χ3n) is 2.90. The van der Waals surface area contributed by atoms with E-state index in [1.807, 2.05) is 13.8 Å². The van der Waals surface area contributed by atoms with Gasteiger partial charge in [-0.2, -0.15) is 0 Å². The number of carbonyl (C=O) groups is 3. The van der Waals surface area contributed by atoms with Gasteiger partial charge in [-0.1, -0.05) is 25.2 Å². The van der Waals surface area contributed by atoms with Crippen molar-refractivity contribution in [3.63, 3.8) is 0 Å². The topological polar surface area (TPSA) is 92.3 Å². The van der Waals surface area contributed by atoms with E-state index in [0.29, 0.717) is 5.13 Å². The smallest absolute Gasteiger partial charge is 0.229 e. The quantitative estimate of drug-likeness (QED) is 0.822. The van der Waals surface area contributed by atoms with Crippen LogP contribution in [0, 0.1) is 0 Å². The summed E-state index contributed by atoms with van der Waals surface area (Å²) < 4.78 is 0. The van der Waals surface area contributed by atoms with Gasteiger partial charge >= 0.3 is 0 Å². The van der Waals surface area contributed by atoms with Crippen molar-refractivity contribution in [3.8, 4) is 0 Å². The van der Waals surface area contributed by atoms with Gasteiger partial charge in [-0.3, -0.25) is 19.3 Å².